The molecule has 0 unspecified atom stereocenters. The van der Waals surface area contributed by atoms with Gasteiger partial charge in [0.15, 0.2) is 9.84 Å². The number of rotatable bonds is 3. The van der Waals surface area contributed by atoms with Crippen LogP contribution in [0.2, 0.25) is 0 Å². The molecule has 0 aromatic heterocycles. The van der Waals surface area contributed by atoms with Crippen LogP contribution in [0.4, 0.5) is 0 Å². The number of ketones is 1. The van der Waals surface area contributed by atoms with Crippen molar-refractivity contribution >= 4 is 15.6 Å². The van der Waals surface area contributed by atoms with Crippen LogP contribution in [-0.4, -0.2) is 50.2 Å². The van der Waals surface area contributed by atoms with Crippen molar-refractivity contribution in [3.05, 3.63) is 0 Å². The molecule has 1 heterocycles. The van der Waals surface area contributed by atoms with Gasteiger partial charge in [-0.1, -0.05) is 13.8 Å². The second-order valence-corrected chi connectivity index (χ2v) is 6.35. The molecule has 0 aliphatic carbocycles. The predicted molar refractivity (Wildman–Crippen MR) is 54.9 cm³/mol. The SMILES string of the molecule is CC(C)C(=O)CN1CCS(=O)(=O)CC1. The number of nitrogens with zero attached hydrogens (tertiary/aromatic N) is 1. The van der Waals surface area contributed by atoms with Crippen LogP contribution in [0.25, 0.3) is 0 Å². The van der Waals surface area contributed by atoms with E-state index in [0.717, 1.165) is 0 Å². The second kappa shape index (κ2) is 4.40. The first-order chi connectivity index (χ1) is 6.41. The fourth-order valence-corrected chi connectivity index (χ4v) is 2.59. The molecule has 0 N–H and O–H groups in total. The highest BCUT2D eigenvalue weighted by Gasteiger charge is 2.23. The molecular weight excluding hydrogens is 202 g/mol. The van der Waals surface area contributed by atoms with Gasteiger partial charge in [-0.15, -0.1) is 0 Å². The Morgan fingerprint density at radius 3 is 2.21 bits per heavy atom. The fraction of sp³-hybridized carbons (Fsp3) is 0.889. The Kier molecular flexibility index (Phi) is 3.66. The van der Waals surface area contributed by atoms with Crippen LogP contribution in [0.1, 0.15) is 13.8 Å². The summed E-state index contributed by atoms with van der Waals surface area (Å²) in [6.45, 7) is 5.13. The minimum atomic E-state index is -2.82. The van der Waals surface area contributed by atoms with E-state index in [9.17, 15) is 13.2 Å². The molecule has 0 aromatic carbocycles. The highest BCUT2D eigenvalue weighted by molar-refractivity contribution is 7.91. The van der Waals surface area contributed by atoms with E-state index in [1.807, 2.05) is 18.7 Å². The lowest BCUT2D eigenvalue weighted by molar-refractivity contribution is -0.123. The molecule has 5 heteroatoms. The lowest BCUT2D eigenvalue weighted by atomic mass is 10.1. The van der Waals surface area contributed by atoms with Crippen LogP contribution in [0, 0.1) is 5.92 Å². The molecule has 1 aliphatic heterocycles. The Hall–Kier alpha value is -0.420. The second-order valence-electron chi connectivity index (χ2n) is 4.05. The molecule has 82 valence electrons. The van der Waals surface area contributed by atoms with E-state index in [1.165, 1.54) is 0 Å². The van der Waals surface area contributed by atoms with E-state index in [4.69, 9.17) is 0 Å². The zero-order valence-corrected chi connectivity index (χ0v) is 9.51. The summed E-state index contributed by atoms with van der Waals surface area (Å²) in [7, 11) is -2.82. The summed E-state index contributed by atoms with van der Waals surface area (Å²) in [6, 6.07) is 0. The number of Topliss-reactive ketones (excluding diaryl/α,β-unsaturated/α-hetero) is 1. The van der Waals surface area contributed by atoms with Gasteiger partial charge in [-0.05, 0) is 0 Å². The molecule has 1 aliphatic rings. The third-order valence-corrected chi connectivity index (χ3v) is 4.07. The van der Waals surface area contributed by atoms with E-state index in [1.54, 1.807) is 0 Å². The van der Waals surface area contributed by atoms with Gasteiger partial charge in [0.25, 0.3) is 0 Å². The topological polar surface area (TPSA) is 54.5 Å². The van der Waals surface area contributed by atoms with Gasteiger partial charge < -0.3 is 0 Å². The zero-order valence-electron chi connectivity index (χ0n) is 8.69. The van der Waals surface area contributed by atoms with Crippen LogP contribution >= 0.6 is 0 Å². The lowest BCUT2D eigenvalue weighted by Crippen LogP contribution is -2.43. The number of hydrogen-bond acceptors (Lipinski definition) is 4. The summed E-state index contributed by atoms with van der Waals surface area (Å²) < 4.78 is 22.2. The zero-order chi connectivity index (χ0) is 10.8. The molecule has 4 nitrogen and oxygen atoms in total. The van der Waals surface area contributed by atoms with Crippen LogP contribution in [0.5, 0.6) is 0 Å². The van der Waals surface area contributed by atoms with Gasteiger partial charge in [-0.2, -0.15) is 0 Å². The van der Waals surface area contributed by atoms with E-state index in [-0.39, 0.29) is 23.2 Å². The average Bonchev–Trinajstić information content (AvgIpc) is 2.08. The molecule has 0 aromatic rings. The average molecular weight is 219 g/mol. The van der Waals surface area contributed by atoms with Crippen molar-refractivity contribution in [1.82, 2.24) is 4.90 Å². The van der Waals surface area contributed by atoms with Gasteiger partial charge >= 0.3 is 0 Å². The maximum absolute atomic E-state index is 11.4. The monoisotopic (exact) mass is 219 g/mol. The van der Waals surface area contributed by atoms with Gasteiger partial charge in [0.05, 0.1) is 18.1 Å². The summed E-state index contributed by atoms with van der Waals surface area (Å²) in [5.74, 6) is 0.606. The minimum Gasteiger partial charge on any atom is -0.298 e. The first kappa shape index (κ1) is 11.7. The Morgan fingerprint density at radius 2 is 1.79 bits per heavy atom. The highest BCUT2D eigenvalue weighted by Crippen LogP contribution is 2.05. The van der Waals surface area contributed by atoms with Crippen molar-refractivity contribution in [1.29, 1.82) is 0 Å². The van der Waals surface area contributed by atoms with Crippen LogP contribution in [0.15, 0.2) is 0 Å². The molecule has 0 atom stereocenters. The van der Waals surface area contributed by atoms with Crippen molar-refractivity contribution in [2.24, 2.45) is 5.92 Å². The molecule has 1 rings (SSSR count). The molecule has 0 bridgehead atoms. The Bertz CT molecular complexity index is 294. The summed E-state index contributed by atoms with van der Waals surface area (Å²) in [4.78, 5) is 13.3. The molecule has 1 saturated heterocycles. The Labute approximate surface area is 85.2 Å². The van der Waals surface area contributed by atoms with Crippen LogP contribution in [-0.2, 0) is 14.6 Å². The summed E-state index contributed by atoms with van der Waals surface area (Å²) in [6.07, 6.45) is 0. The molecular formula is C9H17NO3S. The normalized spacial score (nSPS) is 22.5. The van der Waals surface area contributed by atoms with Gasteiger partial charge in [-0.3, -0.25) is 9.69 Å². The standard InChI is InChI=1S/C9H17NO3S/c1-8(2)9(11)7-10-3-5-14(12,13)6-4-10/h8H,3-7H2,1-2H3. The molecule has 1 fully saturated rings. The summed E-state index contributed by atoms with van der Waals surface area (Å²) in [5.41, 5.74) is 0. The third-order valence-electron chi connectivity index (χ3n) is 2.46. The van der Waals surface area contributed by atoms with Gasteiger partial charge in [0.1, 0.15) is 5.78 Å². The number of sulfone groups is 1. The quantitative estimate of drug-likeness (QED) is 0.667. The smallest absolute Gasteiger partial charge is 0.152 e. The Morgan fingerprint density at radius 1 is 1.29 bits per heavy atom. The van der Waals surface area contributed by atoms with E-state index < -0.39 is 9.84 Å². The highest BCUT2D eigenvalue weighted by atomic mass is 32.2. The Balaban J connectivity index is 2.40. The maximum Gasteiger partial charge on any atom is 0.152 e. The third kappa shape index (κ3) is 3.38. The van der Waals surface area contributed by atoms with Gasteiger partial charge in [0, 0.05) is 19.0 Å². The molecule has 0 radical (unpaired) electrons. The molecule has 0 spiro atoms. The van der Waals surface area contributed by atoms with Gasteiger partial charge in [-0.25, -0.2) is 8.42 Å². The first-order valence-electron chi connectivity index (χ1n) is 4.86. The number of carbonyl (C=O) groups excluding carboxylic acids is 1. The number of carbonyl (C=O) groups is 1. The molecule has 0 amide bonds. The van der Waals surface area contributed by atoms with E-state index in [0.29, 0.717) is 19.6 Å². The predicted octanol–water partition coefficient (Wildman–Crippen LogP) is -0.0581. The van der Waals surface area contributed by atoms with Crippen LogP contribution in [0.3, 0.4) is 0 Å². The minimum absolute atomic E-state index is 0.0357. The maximum atomic E-state index is 11.4. The van der Waals surface area contributed by atoms with E-state index in [2.05, 4.69) is 0 Å². The largest absolute Gasteiger partial charge is 0.298 e. The summed E-state index contributed by atoms with van der Waals surface area (Å²) in [5, 5.41) is 0. The van der Waals surface area contributed by atoms with Crippen LogP contribution < -0.4 is 0 Å². The molecule has 0 saturated carbocycles. The number of hydrogen-bond donors (Lipinski definition) is 0. The summed E-state index contributed by atoms with van der Waals surface area (Å²) >= 11 is 0. The van der Waals surface area contributed by atoms with Crippen molar-refractivity contribution in [3.63, 3.8) is 0 Å². The van der Waals surface area contributed by atoms with Crippen molar-refractivity contribution in [2.75, 3.05) is 31.1 Å². The fourth-order valence-electron chi connectivity index (χ4n) is 1.31. The van der Waals surface area contributed by atoms with Crippen molar-refractivity contribution in [2.45, 2.75) is 13.8 Å². The van der Waals surface area contributed by atoms with Gasteiger partial charge in [0.2, 0.25) is 0 Å². The molecule has 14 heavy (non-hydrogen) atoms. The lowest BCUT2D eigenvalue weighted by Gasteiger charge is -2.26. The van der Waals surface area contributed by atoms with Crippen molar-refractivity contribution in [3.8, 4) is 0 Å². The first-order valence-corrected chi connectivity index (χ1v) is 6.68. The van der Waals surface area contributed by atoms with E-state index >= 15 is 0 Å². The van der Waals surface area contributed by atoms with Crippen molar-refractivity contribution < 1.29 is 13.2 Å².